The number of aromatic nitrogens is 2. The summed E-state index contributed by atoms with van der Waals surface area (Å²) in [6, 6.07) is 0.554. The Balaban J connectivity index is 1.86. The molecule has 1 fully saturated rings. The Morgan fingerprint density at radius 3 is 2.85 bits per heavy atom. The second kappa shape index (κ2) is 7.64. The molecular formula is C15H28N4O. The van der Waals surface area contributed by atoms with E-state index in [0.29, 0.717) is 6.04 Å². The zero-order valence-electron chi connectivity index (χ0n) is 13.1. The first-order valence-corrected chi connectivity index (χ1v) is 7.75. The summed E-state index contributed by atoms with van der Waals surface area (Å²) in [4.78, 5) is 7.01. The van der Waals surface area contributed by atoms with E-state index in [-0.39, 0.29) is 0 Å². The van der Waals surface area contributed by atoms with E-state index in [4.69, 9.17) is 4.74 Å². The molecule has 0 amide bonds. The van der Waals surface area contributed by atoms with Crippen LogP contribution < -0.4 is 5.32 Å². The van der Waals surface area contributed by atoms with E-state index in [9.17, 15) is 0 Å². The fourth-order valence-electron chi connectivity index (χ4n) is 2.65. The van der Waals surface area contributed by atoms with Crippen LogP contribution in [0.25, 0.3) is 0 Å². The van der Waals surface area contributed by atoms with Gasteiger partial charge < -0.3 is 19.5 Å². The lowest BCUT2D eigenvalue weighted by Gasteiger charge is -2.29. The van der Waals surface area contributed by atoms with Gasteiger partial charge in [0.2, 0.25) is 5.95 Å². The van der Waals surface area contributed by atoms with Crippen LogP contribution in [-0.4, -0.2) is 53.8 Å². The van der Waals surface area contributed by atoms with Crippen molar-refractivity contribution in [3.05, 3.63) is 11.9 Å². The molecule has 114 valence electrons. The quantitative estimate of drug-likeness (QED) is 0.777. The number of anilines is 1. The number of ether oxygens (including phenoxy) is 1. The normalized spacial score (nSPS) is 17.6. The molecule has 2 heterocycles. The number of rotatable bonds is 7. The molecule has 1 saturated heterocycles. The summed E-state index contributed by atoms with van der Waals surface area (Å²) in [5, 5.41) is 3.62. The first-order chi connectivity index (χ1) is 9.69. The van der Waals surface area contributed by atoms with Crippen molar-refractivity contribution in [2.24, 2.45) is 0 Å². The first kappa shape index (κ1) is 15.3. The highest BCUT2D eigenvalue weighted by Crippen LogP contribution is 2.16. The summed E-state index contributed by atoms with van der Waals surface area (Å²) in [7, 11) is 2.19. The van der Waals surface area contributed by atoms with Crippen LogP contribution in [0.5, 0.6) is 0 Å². The minimum Gasteiger partial charge on any atom is -0.382 e. The maximum Gasteiger partial charge on any atom is 0.203 e. The zero-order chi connectivity index (χ0) is 14.4. The molecule has 0 atom stereocenters. The number of hydrogen-bond donors (Lipinski definition) is 1. The fraction of sp³-hybridized carbons (Fsp3) is 0.800. The molecule has 1 aliphatic rings. The summed E-state index contributed by atoms with van der Waals surface area (Å²) < 4.78 is 7.63. The van der Waals surface area contributed by atoms with Gasteiger partial charge in [0.1, 0.15) is 0 Å². The van der Waals surface area contributed by atoms with Crippen LogP contribution in [0.2, 0.25) is 0 Å². The third-order valence-corrected chi connectivity index (χ3v) is 3.84. The third kappa shape index (κ3) is 4.49. The zero-order valence-corrected chi connectivity index (χ0v) is 13.1. The van der Waals surface area contributed by atoms with Crippen molar-refractivity contribution in [3.63, 3.8) is 0 Å². The van der Waals surface area contributed by atoms with Gasteiger partial charge in [-0.3, -0.25) is 0 Å². The summed E-state index contributed by atoms with van der Waals surface area (Å²) in [6.45, 7) is 9.01. The number of hydrogen-bond acceptors (Lipinski definition) is 4. The molecule has 1 N–H and O–H groups in total. The van der Waals surface area contributed by atoms with Crippen LogP contribution >= 0.6 is 0 Å². The predicted octanol–water partition coefficient (Wildman–Crippen LogP) is 2.12. The standard InChI is InChI=1S/C15H28N4O/c1-4-20-11-5-8-19-12-13(2)16-15(19)17-14-6-9-18(3)10-7-14/h12,14H,4-11H2,1-3H3,(H,16,17). The molecule has 0 aromatic carbocycles. The number of imidazole rings is 1. The van der Waals surface area contributed by atoms with Crippen molar-refractivity contribution in [2.75, 3.05) is 38.7 Å². The van der Waals surface area contributed by atoms with Crippen molar-refractivity contribution >= 4 is 5.95 Å². The maximum atomic E-state index is 5.40. The van der Waals surface area contributed by atoms with Crippen LogP contribution in [0.3, 0.4) is 0 Å². The van der Waals surface area contributed by atoms with E-state index < -0.39 is 0 Å². The molecule has 0 spiro atoms. The van der Waals surface area contributed by atoms with Gasteiger partial charge in [-0.25, -0.2) is 4.98 Å². The van der Waals surface area contributed by atoms with Crippen molar-refractivity contribution in [3.8, 4) is 0 Å². The molecule has 0 saturated carbocycles. The Morgan fingerprint density at radius 2 is 2.15 bits per heavy atom. The van der Waals surface area contributed by atoms with E-state index in [2.05, 4.69) is 39.9 Å². The average molecular weight is 280 g/mol. The molecule has 0 bridgehead atoms. The Bertz CT molecular complexity index is 397. The van der Waals surface area contributed by atoms with Crippen molar-refractivity contribution in [2.45, 2.75) is 45.7 Å². The molecule has 1 aromatic rings. The molecule has 20 heavy (non-hydrogen) atoms. The highest BCUT2D eigenvalue weighted by atomic mass is 16.5. The lowest BCUT2D eigenvalue weighted by atomic mass is 10.1. The third-order valence-electron chi connectivity index (χ3n) is 3.84. The van der Waals surface area contributed by atoms with Crippen molar-refractivity contribution < 1.29 is 4.74 Å². The maximum absolute atomic E-state index is 5.40. The van der Waals surface area contributed by atoms with Crippen LogP contribution in [0.4, 0.5) is 5.95 Å². The average Bonchev–Trinajstić information content (AvgIpc) is 2.77. The smallest absolute Gasteiger partial charge is 0.203 e. The van der Waals surface area contributed by atoms with Gasteiger partial charge in [-0.05, 0) is 53.2 Å². The largest absolute Gasteiger partial charge is 0.382 e. The van der Waals surface area contributed by atoms with Crippen LogP contribution in [0.1, 0.15) is 31.9 Å². The Morgan fingerprint density at radius 1 is 1.40 bits per heavy atom. The summed E-state index contributed by atoms with van der Waals surface area (Å²) in [5.41, 5.74) is 1.08. The van der Waals surface area contributed by atoms with E-state index in [0.717, 1.165) is 37.8 Å². The predicted molar refractivity (Wildman–Crippen MR) is 82.2 cm³/mol. The van der Waals surface area contributed by atoms with E-state index in [1.54, 1.807) is 0 Å². The Labute approximate surface area is 122 Å². The molecule has 2 rings (SSSR count). The van der Waals surface area contributed by atoms with Gasteiger partial charge in [-0.15, -0.1) is 0 Å². The number of likely N-dealkylation sites (tertiary alicyclic amines) is 1. The van der Waals surface area contributed by atoms with E-state index in [1.807, 2.05) is 6.92 Å². The topological polar surface area (TPSA) is 42.3 Å². The minimum atomic E-state index is 0.554. The van der Waals surface area contributed by atoms with Gasteiger partial charge in [-0.1, -0.05) is 0 Å². The Hall–Kier alpha value is -1.07. The highest BCUT2D eigenvalue weighted by molar-refractivity contribution is 5.30. The second-order valence-corrected chi connectivity index (χ2v) is 5.67. The summed E-state index contributed by atoms with van der Waals surface area (Å²) in [6.07, 6.45) is 5.55. The van der Waals surface area contributed by atoms with Gasteiger partial charge in [0.05, 0.1) is 5.69 Å². The van der Waals surface area contributed by atoms with Crippen molar-refractivity contribution in [1.82, 2.24) is 14.5 Å². The van der Waals surface area contributed by atoms with Crippen molar-refractivity contribution in [1.29, 1.82) is 0 Å². The number of piperidine rings is 1. The molecule has 1 aliphatic heterocycles. The van der Waals surface area contributed by atoms with Gasteiger partial charge in [0, 0.05) is 32.0 Å². The molecule has 0 aliphatic carbocycles. The Kier molecular flexibility index (Phi) is 5.86. The number of nitrogens with zero attached hydrogens (tertiary/aromatic N) is 3. The summed E-state index contributed by atoms with van der Waals surface area (Å²) >= 11 is 0. The fourth-order valence-corrected chi connectivity index (χ4v) is 2.65. The molecule has 1 aromatic heterocycles. The van der Waals surface area contributed by atoms with Gasteiger partial charge >= 0.3 is 0 Å². The van der Waals surface area contributed by atoms with E-state index >= 15 is 0 Å². The monoisotopic (exact) mass is 280 g/mol. The van der Waals surface area contributed by atoms with Crippen LogP contribution in [0, 0.1) is 6.92 Å². The molecule has 5 heteroatoms. The number of nitrogens with one attached hydrogen (secondary N) is 1. The molecular weight excluding hydrogens is 252 g/mol. The van der Waals surface area contributed by atoms with Crippen LogP contribution in [0.15, 0.2) is 6.20 Å². The molecule has 0 radical (unpaired) electrons. The first-order valence-electron chi connectivity index (χ1n) is 7.75. The second-order valence-electron chi connectivity index (χ2n) is 5.67. The minimum absolute atomic E-state index is 0.554. The highest BCUT2D eigenvalue weighted by Gasteiger charge is 2.18. The van der Waals surface area contributed by atoms with Crippen LogP contribution in [-0.2, 0) is 11.3 Å². The SMILES string of the molecule is CCOCCCn1cc(C)nc1NC1CCN(C)CC1. The van der Waals surface area contributed by atoms with Gasteiger partial charge in [-0.2, -0.15) is 0 Å². The van der Waals surface area contributed by atoms with Gasteiger partial charge in [0.15, 0.2) is 0 Å². The van der Waals surface area contributed by atoms with E-state index in [1.165, 1.54) is 25.9 Å². The molecule has 5 nitrogen and oxygen atoms in total. The number of aryl methyl sites for hydroxylation is 2. The lowest BCUT2D eigenvalue weighted by Crippen LogP contribution is -2.37. The summed E-state index contributed by atoms with van der Waals surface area (Å²) in [5.74, 6) is 1.02. The lowest BCUT2D eigenvalue weighted by molar-refractivity contribution is 0.141. The van der Waals surface area contributed by atoms with Gasteiger partial charge in [0.25, 0.3) is 0 Å². The molecule has 0 unspecified atom stereocenters.